The molecule has 0 unspecified atom stereocenters. The van der Waals surface area contributed by atoms with Gasteiger partial charge in [-0.2, -0.15) is 0 Å². The fourth-order valence-electron chi connectivity index (χ4n) is 7.48. The fourth-order valence-corrected chi connectivity index (χ4v) is 7.48. The Hall–Kier alpha value is -1.10. The van der Waals surface area contributed by atoms with Crippen molar-refractivity contribution in [2.24, 2.45) is 35.5 Å². The molecule has 27 heavy (non-hydrogen) atoms. The highest BCUT2D eigenvalue weighted by Gasteiger charge is 2.63. The first kappa shape index (κ1) is 18.0. The average Bonchev–Trinajstić information content (AvgIpc) is 3.20. The maximum atomic E-state index is 12.5. The molecule has 10 atom stereocenters. The number of hydrogen-bond donors (Lipinski definition) is 0. The fraction of sp³-hybridized carbons (Fsp3) is 0.909. The lowest BCUT2D eigenvalue weighted by atomic mass is 9.60. The molecule has 0 radical (unpaired) electrons. The lowest BCUT2D eigenvalue weighted by Gasteiger charge is -2.48. The van der Waals surface area contributed by atoms with Crippen LogP contribution >= 0.6 is 0 Å². The molecule has 4 saturated heterocycles. The zero-order valence-corrected chi connectivity index (χ0v) is 16.8. The summed E-state index contributed by atoms with van der Waals surface area (Å²) in [5.74, 6) is 1.94. The van der Waals surface area contributed by atoms with Crippen molar-refractivity contribution in [3.63, 3.8) is 0 Å². The Labute approximate surface area is 162 Å². The van der Waals surface area contributed by atoms with Crippen LogP contribution in [0.25, 0.3) is 0 Å². The molecule has 1 saturated carbocycles. The number of ether oxygens (including phenoxy) is 2. The smallest absolute Gasteiger partial charge is 0.309 e. The Balaban J connectivity index is 1.51. The van der Waals surface area contributed by atoms with E-state index in [1.807, 2.05) is 6.92 Å². The van der Waals surface area contributed by atoms with Crippen molar-refractivity contribution < 1.29 is 19.1 Å². The third kappa shape index (κ3) is 2.53. The van der Waals surface area contributed by atoms with E-state index in [1.165, 1.54) is 19.3 Å². The van der Waals surface area contributed by atoms with Crippen molar-refractivity contribution in [3.8, 4) is 0 Å². The van der Waals surface area contributed by atoms with Gasteiger partial charge < -0.3 is 9.47 Å². The minimum Gasteiger partial charge on any atom is -0.462 e. The molecule has 5 fully saturated rings. The van der Waals surface area contributed by atoms with Gasteiger partial charge in [0.15, 0.2) is 0 Å². The zero-order chi connectivity index (χ0) is 18.9. The maximum absolute atomic E-state index is 12.5. The van der Waals surface area contributed by atoms with Gasteiger partial charge in [0.05, 0.1) is 11.8 Å². The monoisotopic (exact) mass is 375 g/mol. The quantitative estimate of drug-likeness (QED) is 0.695. The average molecular weight is 376 g/mol. The molecule has 5 rings (SSSR count). The molecule has 4 aliphatic heterocycles. The van der Waals surface area contributed by atoms with Gasteiger partial charge in [-0.15, -0.1) is 0 Å². The Kier molecular flexibility index (Phi) is 4.30. The molecule has 0 N–H and O–H groups in total. The van der Waals surface area contributed by atoms with E-state index in [-0.39, 0.29) is 36.0 Å². The van der Waals surface area contributed by atoms with E-state index in [0.29, 0.717) is 35.8 Å². The second-order valence-electron chi connectivity index (χ2n) is 9.81. The van der Waals surface area contributed by atoms with Crippen LogP contribution in [0.4, 0.5) is 0 Å². The van der Waals surface area contributed by atoms with Gasteiger partial charge in [-0.25, -0.2) is 0 Å². The zero-order valence-electron chi connectivity index (χ0n) is 16.8. The number of carbonyl (C=O) groups excluding carboxylic acids is 2. The molecule has 0 aromatic heterocycles. The molecule has 4 heterocycles. The van der Waals surface area contributed by atoms with Gasteiger partial charge in [0.1, 0.15) is 12.2 Å². The summed E-state index contributed by atoms with van der Waals surface area (Å²) in [5.41, 5.74) is 0. The lowest BCUT2D eigenvalue weighted by molar-refractivity contribution is -0.148. The van der Waals surface area contributed by atoms with Gasteiger partial charge in [0.25, 0.3) is 0 Å². The van der Waals surface area contributed by atoms with Crippen LogP contribution in [0.2, 0.25) is 0 Å². The van der Waals surface area contributed by atoms with Gasteiger partial charge in [-0.1, -0.05) is 27.2 Å². The highest BCUT2D eigenvalue weighted by Crippen LogP contribution is 2.57. The summed E-state index contributed by atoms with van der Waals surface area (Å²) < 4.78 is 11.8. The summed E-state index contributed by atoms with van der Waals surface area (Å²) >= 11 is 0. The molecule has 5 heteroatoms. The summed E-state index contributed by atoms with van der Waals surface area (Å²) in [6.45, 7) is 7.44. The number of hydrogen-bond acceptors (Lipinski definition) is 5. The lowest BCUT2D eigenvalue weighted by Crippen LogP contribution is -2.54. The first-order chi connectivity index (χ1) is 13.0. The standard InChI is InChI=1S/C22H33NO4/c1-4-13-14-7-5-6-8-23-16(17-9-11(2)21(24)26-17)10-15(19(14)23)18-12(3)22(25)27-20(13)18/h11-20H,4-10H2,1-3H3/t11-,12-,13+,14+,15+,16+,17-,18+,19+,20-/m0/s1. The number of cyclic esters (lactones) is 1. The van der Waals surface area contributed by atoms with Crippen molar-refractivity contribution in [1.82, 2.24) is 4.90 Å². The van der Waals surface area contributed by atoms with Gasteiger partial charge in [0.2, 0.25) is 0 Å². The molecule has 0 bridgehead atoms. The van der Waals surface area contributed by atoms with E-state index in [1.54, 1.807) is 0 Å². The van der Waals surface area contributed by atoms with Crippen molar-refractivity contribution in [1.29, 1.82) is 0 Å². The van der Waals surface area contributed by atoms with Gasteiger partial charge >= 0.3 is 11.9 Å². The molecule has 5 aliphatic rings. The Bertz CT molecular complexity index is 636. The third-order valence-corrected chi connectivity index (χ3v) is 8.61. The SMILES string of the molecule is CC[C@@H]1[C@H]2CCCCN3[C@H]2[C@H](C[C@@H]3[C@@H]2C[C@H](C)C(=O)O2)[C@@H]2[C@H]1OC(=O)[C@H]2C. The summed E-state index contributed by atoms with van der Waals surface area (Å²) in [7, 11) is 0. The summed E-state index contributed by atoms with van der Waals surface area (Å²) in [6.07, 6.45) is 6.87. The molecule has 150 valence electrons. The molecule has 0 aromatic carbocycles. The topological polar surface area (TPSA) is 55.8 Å². The highest BCUT2D eigenvalue weighted by atomic mass is 16.6. The van der Waals surface area contributed by atoms with Crippen LogP contribution in [-0.2, 0) is 19.1 Å². The largest absolute Gasteiger partial charge is 0.462 e. The first-order valence-corrected chi connectivity index (χ1v) is 11.2. The summed E-state index contributed by atoms with van der Waals surface area (Å²) in [4.78, 5) is 27.3. The second-order valence-corrected chi connectivity index (χ2v) is 9.81. The van der Waals surface area contributed by atoms with Crippen LogP contribution in [0, 0.1) is 35.5 Å². The molecular weight excluding hydrogens is 342 g/mol. The molecule has 0 amide bonds. The van der Waals surface area contributed by atoms with Crippen LogP contribution in [0.3, 0.4) is 0 Å². The van der Waals surface area contributed by atoms with Crippen LogP contribution in [-0.4, -0.2) is 47.7 Å². The van der Waals surface area contributed by atoms with Gasteiger partial charge in [-0.05, 0) is 50.5 Å². The minimum absolute atomic E-state index is 0.00362. The van der Waals surface area contributed by atoms with Crippen molar-refractivity contribution >= 4 is 11.9 Å². The van der Waals surface area contributed by atoms with Crippen molar-refractivity contribution in [3.05, 3.63) is 0 Å². The number of rotatable bonds is 2. The summed E-state index contributed by atoms with van der Waals surface area (Å²) in [5, 5.41) is 0. The van der Waals surface area contributed by atoms with Crippen LogP contribution in [0.5, 0.6) is 0 Å². The number of carbonyl (C=O) groups is 2. The Morgan fingerprint density at radius 1 is 1.04 bits per heavy atom. The Morgan fingerprint density at radius 2 is 1.85 bits per heavy atom. The van der Waals surface area contributed by atoms with E-state index >= 15 is 0 Å². The maximum Gasteiger partial charge on any atom is 0.309 e. The van der Waals surface area contributed by atoms with Gasteiger partial charge in [0, 0.05) is 23.9 Å². The normalized spacial score (nSPS) is 52.1. The van der Waals surface area contributed by atoms with E-state index in [9.17, 15) is 9.59 Å². The molecule has 0 aromatic rings. The summed E-state index contributed by atoms with van der Waals surface area (Å²) in [6, 6.07) is 0.865. The highest BCUT2D eigenvalue weighted by molar-refractivity contribution is 5.75. The molecule has 5 nitrogen and oxygen atoms in total. The number of nitrogens with zero attached hydrogens (tertiary/aromatic N) is 1. The molecule has 0 spiro atoms. The number of fused-ring (bicyclic) bond motifs is 2. The van der Waals surface area contributed by atoms with Crippen LogP contribution in [0.15, 0.2) is 0 Å². The van der Waals surface area contributed by atoms with Crippen LogP contribution in [0.1, 0.15) is 59.3 Å². The van der Waals surface area contributed by atoms with Crippen LogP contribution < -0.4 is 0 Å². The van der Waals surface area contributed by atoms with E-state index in [4.69, 9.17) is 9.47 Å². The number of esters is 2. The van der Waals surface area contributed by atoms with E-state index < -0.39 is 0 Å². The molecular formula is C22H33NO4. The molecule has 1 aliphatic carbocycles. The predicted molar refractivity (Wildman–Crippen MR) is 99.7 cm³/mol. The predicted octanol–water partition coefficient (Wildman–Crippen LogP) is 3.01. The first-order valence-electron chi connectivity index (χ1n) is 11.2. The van der Waals surface area contributed by atoms with Crippen molar-refractivity contribution in [2.45, 2.75) is 83.6 Å². The van der Waals surface area contributed by atoms with E-state index in [0.717, 1.165) is 25.8 Å². The van der Waals surface area contributed by atoms with Gasteiger partial charge in [-0.3, -0.25) is 14.5 Å². The second kappa shape index (κ2) is 6.47. The Morgan fingerprint density at radius 3 is 2.56 bits per heavy atom. The van der Waals surface area contributed by atoms with E-state index in [2.05, 4.69) is 18.7 Å². The van der Waals surface area contributed by atoms with Crippen molar-refractivity contribution in [2.75, 3.05) is 6.54 Å². The third-order valence-electron chi connectivity index (χ3n) is 8.61. The minimum atomic E-state index is -0.0294.